The number of nitrogens with zero attached hydrogens (tertiary/aromatic N) is 1. The predicted octanol–water partition coefficient (Wildman–Crippen LogP) is 0.846. The topological polar surface area (TPSA) is 49.8 Å². The van der Waals surface area contributed by atoms with Crippen LogP contribution in [0.3, 0.4) is 0 Å². The van der Waals surface area contributed by atoms with Gasteiger partial charge in [-0.3, -0.25) is 0 Å². The Labute approximate surface area is 78.5 Å². The Bertz CT molecular complexity index is 184. The van der Waals surface area contributed by atoms with Gasteiger partial charge in [-0.05, 0) is 12.8 Å². The van der Waals surface area contributed by atoms with Crippen molar-refractivity contribution in [3.8, 4) is 0 Å². The van der Waals surface area contributed by atoms with Gasteiger partial charge in [0.1, 0.15) is 0 Å². The van der Waals surface area contributed by atoms with E-state index in [4.69, 9.17) is 0 Å². The van der Waals surface area contributed by atoms with Crippen LogP contribution in [0, 0.1) is 5.92 Å². The maximum atomic E-state index is 11.2. The molecule has 2 atom stereocenters. The van der Waals surface area contributed by atoms with Gasteiger partial charge in [0.05, 0.1) is 13.2 Å². The van der Waals surface area contributed by atoms with Crippen LogP contribution in [0.2, 0.25) is 0 Å². The van der Waals surface area contributed by atoms with Crippen LogP contribution in [0.4, 0.5) is 4.79 Å². The Morgan fingerprint density at radius 2 is 2.38 bits per heavy atom. The van der Waals surface area contributed by atoms with Crippen LogP contribution in [-0.2, 0) is 4.74 Å². The number of rotatable bonds is 1. The Morgan fingerprint density at radius 1 is 1.69 bits per heavy atom. The molecule has 2 unspecified atom stereocenters. The molecule has 0 saturated carbocycles. The van der Waals surface area contributed by atoms with Gasteiger partial charge in [0, 0.05) is 19.0 Å². The van der Waals surface area contributed by atoms with E-state index in [1.54, 1.807) is 4.90 Å². The van der Waals surface area contributed by atoms with Crippen molar-refractivity contribution in [2.75, 3.05) is 20.2 Å². The molecule has 1 saturated heterocycles. The van der Waals surface area contributed by atoms with Gasteiger partial charge in [-0.2, -0.15) is 0 Å². The van der Waals surface area contributed by atoms with E-state index in [0.29, 0.717) is 19.5 Å². The van der Waals surface area contributed by atoms with E-state index >= 15 is 0 Å². The van der Waals surface area contributed by atoms with E-state index in [0.717, 1.165) is 6.42 Å². The normalized spacial score (nSPS) is 28.7. The Morgan fingerprint density at radius 3 is 2.92 bits per heavy atom. The summed E-state index contributed by atoms with van der Waals surface area (Å²) in [6, 6.07) is 0. The highest BCUT2D eigenvalue weighted by Crippen LogP contribution is 2.20. The van der Waals surface area contributed by atoms with E-state index in [1.807, 2.05) is 6.92 Å². The molecular weight excluding hydrogens is 170 g/mol. The standard InChI is InChI=1S/C9H17NO3/c1-3-7-6-10(9(12)13-2)5-4-8(7)11/h7-8,11H,3-6H2,1-2H3. The van der Waals surface area contributed by atoms with Crippen molar-refractivity contribution in [1.82, 2.24) is 4.90 Å². The van der Waals surface area contributed by atoms with Crippen LogP contribution in [-0.4, -0.2) is 42.4 Å². The third-order valence-corrected chi connectivity index (χ3v) is 2.65. The molecule has 1 heterocycles. The first-order valence-electron chi connectivity index (χ1n) is 4.70. The fourth-order valence-electron chi connectivity index (χ4n) is 1.72. The number of hydrogen-bond acceptors (Lipinski definition) is 3. The second-order valence-electron chi connectivity index (χ2n) is 3.44. The van der Waals surface area contributed by atoms with Gasteiger partial charge >= 0.3 is 6.09 Å². The van der Waals surface area contributed by atoms with Crippen LogP contribution >= 0.6 is 0 Å². The van der Waals surface area contributed by atoms with Crippen molar-refractivity contribution in [2.45, 2.75) is 25.9 Å². The van der Waals surface area contributed by atoms with Crippen molar-refractivity contribution < 1.29 is 14.6 Å². The van der Waals surface area contributed by atoms with Crippen molar-refractivity contribution in [3.05, 3.63) is 0 Å². The highest BCUT2D eigenvalue weighted by molar-refractivity contribution is 5.67. The van der Waals surface area contributed by atoms with E-state index in [-0.39, 0.29) is 18.1 Å². The molecule has 1 aliphatic heterocycles. The van der Waals surface area contributed by atoms with E-state index in [1.165, 1.54) is 7.11 Å². The highest BCUT2D eigenvalue weighted by atomic mass is 16.5. The molecule has 0 bridgehead atoms. The van der Waals surface area contributed by atoms with Gasteiger partial charge in [0.15, 0.2) is 0 Å². The van der Waals surface area contributed by atoms with Gasteiger partial charge in [-0.15, -0.1) is 0 Å². The summed E-state index contributed by atoms with van der Waals surface area (Å²) in [5.41, 5.74) is 0. The molecule has 4 nitrogen and oxygen atoms in total. The summed E-state index contributed by atoms with van der Waals surface area (Å²) in [5.74, 6) is 0.202. The van der Waals surface area contributed by atoms with E-state index < -0.39 is 0 Å². The Balaban J connectivity index is 2.49. The lowest BCUT2D eigenvalue weighted by atomic mass is 9.93. The molecule has 0 aromatic rings. The molecule has 1 aliphatic rings. The first-order valence-corrected chi connectivity index (χ1v) is 4.70. The number of ether oxygens (including phenoxy) is 1. The number of aliphatic hydroxyl groups is 1. The minimum Gasteiger partial charge on any atom is -0.453 e. The Hall–Kier alpha value is -0.770. The molecule has 0 aromatic heterocycles. The zero-order valence-electron chi connectivity index (χ0n) is 8.19. The van der Waals surface area contributed by atoms with Crippen molar-refractivity contribution in [3.63, 3.8) is 0 Å². The molecule has 13 heavy (non-hydrogen) atoms. The van der Waals surface area contributed by atoms with E-state index in [9.17, 15) is 9.90 Å². The molecule has 1 N–H and O–H groups in total. The minimum absolute atomic E-state index is 0.202. The van der Waals surface area contributed by atoms with Crippen LogP contribution < -0.4 is 0 Å². The first-order chi connectivity index (χ1) is 6.19. The SMILES string of the molecule is CCC1CN(C(=O)OC)CCC1O. The monoisotopic (exact) mass is 187 g/mol. The van der Waals surface area contributed by atoms with Crippen molar-refractivity contribution >= 4 is 6.09 Å². The molecule has 4 heteroatoms. The van der Waals surface area contributed by atoms with Crippen molar-refractivity contribution in [1.29, 1.82) is 0 Å². The molecule has 0 aliphatic carbocycles. The maximum absolute atomic E-state index is 11.2. The maximum Gasteiger partial charge on any atom is 0.409 e. The second-order valence-corrected chi connectivity index (χ2v) is 3.44. The fraction of sp³-hybridized carbons (Fsp3) is 0.889. The molecule has 0 radical (unpaired) electrons. The summed E-state index contributed by atoms with van der Waals surface area (Å²) in [4.78, 5) is 12.8. The molecule has 1 fully saturated rings. The lowest BCUT2D eigenvalue weighted by molar-refractivity contribution is 0.0238. The number of methoxy groups -OCH3 is 1. The molecule has 76 valence electrons. The fourth-order valence-corrected chi connectivity index (χ4v) is 1.72. The molecule has 1 amide bonds. The van der Waals surface area contributed by atoms with Gasteiger partial charge in [0.25, 0.3) is 0 Å². The summed E-state index contributed by atoms with van der Waals surface area (Å²) in [6.07, 6.45) is 1.01. The second kappa shape index (κ2) is 4.46. The molecule has 0 aromatic carbocycles. The predicted molar refractivity (Wildman–Crippen MR) is 48.4 cm³/mol. The third-order valence-electron chi connectivity index (χ3n) is 2.65. The van der Waals surface area contributed by atoms with Crippen LogP contribution in [0.5, 0.6) is 0 Å². The average Bonchev–Trinajstić information content (AvgIpc) is 2.17. The molecule has 1 rings (SSSR count). The average molecular weight is 187 g/mol. The lowest BCUT2D eigenvalue weighted by Gasteiger charge is -2.34. The number of aliphatic hydroxyl groups excluding tert-OH is 1. The van der Waals surface area contributed by atoms with Gasteiger partial charge in [-0.1, -0.05) is 6.92 Å². The minimum atomic E-state index is -0.287. The summed E-state index contributed by atoms with van der Waals surface area (Å²) in [5, 5.41) is 9.56. The zero-order valence-corrected chi connectivity index (χ0v) is 8.19. The summed E-state index contributed by atoms with van der Waals surface area (Å²) >= 11 is 0. The lowest BCUT2D eigenvalue weighted by Crippen LogP contribution is -2.45. The van der Waals surface area contributed by atoms with Gasteiger partial charge in [-0.25, -0.2) is 4.79 Å². The van der Waals surface area contributed by atoms with Gasteiger partial charge in [0.2, 0.25) is 0 Å². The smallest absolute Gasteiger partial charge is 0.409 e. The quantitative estimate of drug-likeness (QED) is 0.662. The number of carbonyl (C=O) groups is 1. The van der Waals surface area contributed by atoms with Crippen molar-refractivity contribution in [2.24, 2.45) is 5.92 Å². The summed E-state index contributed by atoms with van der Waals surface area (Å²) in [7, 11) is 1.38. The van der Waals surface area contributed by atoms with Gasteiger partial charge < -0.3 is 14.7 Å². The largest absolute Gasteiger partial charge is 0.453 e. The number of hydrogen-bond donors (Lipinski definition) is 1. The Kier molecular flexibility index (Phi) is 3.54. The summed E-state index contributed by atoms with van der Waals surface area (Å²) < 4.78 is 4.62. The summed E-state index contributed by atoms with van der Waals surface area (Å²) in [6.45, 7) is 3.24. The number of piperidine rings is 1. The third kappa shape index (κ3) is 2.34. The van der Waals surface area contributed by atoms with Crippen LogP contribution in [0.1, 0.15) is 19.8 Å². The molecule has 0 spiro atoms. The van der Waals surface area contributed by atoms with E-state index in [2.05, 4.69) is 4.74 Å². The molecular formula is C9H17NO3. The van der Waals surface area contributed by atoms with Crippen LogP contribution in [0.25, 0.3) is 0 Å². The first kappa shape index (κ1) is 10.3. The number of amides is 1. The highest BCUT2D eigenvalue weighted by Gasteiger charge is 2.29. The number of likely N-dealkylation sites (tertiary alicyclic amines) is 1. The zero-order chi connectivity index (χ0) is 9.84. The van der Waals surface area contributed by atoms with Crippen LogP contribution in [0.15, 0.2) is 0 Å². The number of carbonyl (C=O) groups excluding carboxylic acids is 1.